The maximum Gasteiger partial charge on any atom is 0.266 e. The van der Waals surface area contributed by atoms with Crippen molar-refractivity contribution in [3.8, 4) is 11.8 Å². The molecule has 0 aliphatic rings. The van der Waals surface area contributed by atoms with E-state index in [1.54, 1.807) is 24.3 Å². The number of nitriles is 1. The lowest BCUT2D eigenvalue weighted by atomic mass is 10.1. The van der Waals surface area contributed by atoms with Crippen LogP contribution in [0.4, 0.5) is 5.69 Å². The highest BCUT2D eigenvalue weighted by Crippen LogP contribution is 2.25. The molecule has 0 fully saturated rings. The van der Waals surface area contributed by atoms with Crippen LogP contribution in [0.5, 0.6) is 5.75 Å². The summed E-state index contributed by atoms with van der Waals surface area (Å²) in [5.41, 5.74) is 1.24. The van der Waals surface area contributed by atoms with Gasteiger partial charge in [-0.15, -0.1) is 0 Å². The highest BCUT2D eigenvalue weighted by atomic mass is 79.9. The van der Waals surface area contributed by atoms with E-state index in [0.29, 0.717) is 17.0 Å². The molecule has 0 saturated carbocycles. The van der Waals surface area contributed by atoms with Gasteiger partial charge in [-0.2, -0.15) is 5.26 Å². The van der Waals surface area contributed by atoms with E-state index in [0.717, 1.165) is 8.95 Å². The van der Waals surface area contributed by atoms with Gasteiger partial charge >= 0.3 is 0 Å². The van der Waals surface area contributed by atoms with E-state index in [9.17, 15) is 10.1 Å². The van der Waals surface area contributed by atoms with E-state index in [4.69, 9.17) is 4.74 Å². The van der Waals surface area contributed by atoms with Gasteiger partial charge in [-0.25, -0.2) is 0 Å². The van der Waals surface area contributed by atoms with Crippen LogP contribution in [-0.2, 0) is 4.79 Å². The number of methoxy groups -OCH3 is 1. The normalized spacial score (nSPS) is 10.8. The zero-order chi connectivity index (χ0) is 16.8. The first-order valence-electron chi connectivity index (χ1n) is 6.55. The van der Waals surface area contributed by atoms with E-state index in [1.165, 1.54) is 13.2 Å². The molecule has 2 aromatic carbocycles. The van der Waals surface area contributed by atoms with Crippen LogP contribution in [0.25, 0.3) is 6.08 Å². The van der Waals surface area contributed by atoms with Crippen LogP contribution in [0.1, 0.15) is 5.56 Å². The second-order valence-electron chi connectivity index (χ2n) is 4.52. The van der Waals surface area contributed by atoms with Gasteiger partial charge in [0, 0.05) is 20.2 Å². The largest absolute Gasteiger partial charge is 0.496 e. The molecule has 0 heterocycles. The van der Waals surface area contributed by atoms with Gasteiger partial charge in [0.15, 0.2) is 0 Å². The molecule has 0 saturated heterocycles. The Morgan fingerprint density at radius 2 is 1.83 bits per heavy atom. The fourth-order valence-corrected chi connectivity index (χ4v) is 2.50. The number of ether oxygens (including phenoxy) is 1. The highest BCUT2D eigenvalue weighted by molar-refractivity contribution is 9.10. The number of carbonyl (C=O) groups excluding carboxylic acids is 1. The molecule has 23 heavy (non-hydrogen) atoms. The van der Waals surface area contributed by atoms with Crippen molar-refractivity contribution in [2.45, 2.75) is 0 Å². The number of carbonyl (C=O) groups is 1. The molecule has 0 radical (unpaired) electrons. The van der Waals surface area contributed by atoms with Gasteiger partial charge in [-0.3, -0.25) is 4.79 Å². The number of halogens is 2. The molecule has 0 bridgehead atoms. The van der Waals surface area contributed by atoms with Crippen LogP contribution in [0.3, 0.4) is 0 Å². The average Bonchev–Trinajstić information content (AvgIpc) is 2.54. The van der Waals surface area contributed by atoms with Crippen LogP contribution in [0.15, 0.2) is 57.0 Å². The first kappa shape index (κ1) is 17.3. The van der Waals surface area contributed by atoms with Crippen molar-refractivity contribution < 1.29 is 9.53 Å². The Morgan fingerprint density at radius 1 is 1.17 bits per heavy atom. The predicted octanol–water partition coefficient (Wildman–Crippen LogP) is 4.77. The molecule has 4 nitrogen and oxygen atoms in total. The Hall–Kier alpha value is -2.10. The lowest BCUT2D eigenvalue weighted by Crippen LogP contribution is -2.13. The van der Waals surface area contributed by atoms with E-state index >= 15 is 0 Å². The third-order valence-electron chi connectivity index (χ3n) is 2.96. The number of rotatable bonds is 4. The summed E-state index contributed by atoms with van der Waals surface area (Å²) in [6.45, 7) is 0. The minimum Gasteiger partial charge on any atom is -0.496 e. The summed E-state index contributed by atoms with van der Waals surface area (Å²) in [5, 5.41) is 12.0. The van der Waals surface area contributed by atoms with Crippen molar-refractivity contribution in [2.75, 3.05) is 12.4 Å². The number of amides is 1. The van der Waals surface area contributed by atoms with Gasteiger partial charge in [0.05, 0.1) is 7.11 Å². The molecule has 2 rings (SSSR count). The number of benzene rings is 2. The van der Waals surface area contributed by atoms with Gasteiger partial charge in [0.1, 0.15) is 17.4 Å². The number of hydrogen-bond acceptors (Lipinski definition) is 3. The van der Waals surface area contributed by atoms with Crippen LogP contribution in [0.2, 0.25) is 0 Å². The second kappa shape index (κ2) is 7.95. The molecule has 0 spiro atoms. The maximum atomic E-state index is 12.3. The summed E-state index contributed by atoms with van der Waals surface area (Å²) in [5.74, 6) is 0.106. The topological polar surface area (TPSA) is 62.1 Å². The molecule has 0 aromatic heterocycles. The van der Waals surface area contributed by atoms with Gasteiger partial charge in [-0.05, 0) is 48.5 Å². The minimum absolute atomic E-state index is 0.00989. The fourth-order valence-electron chi connectivity index (χ4n) is 1.85. The summed E-state index contributed by atoms with van der Waals surface area (Å²) in [7, 11) is 1.54. The summed E-state index contributed by atoms with van der Waals surface area (Å²) in [6, 6.07) is 14.4. The van der Waals surface area contributed by atoms with E-state index in [-0.39, 0.29) is 5.57 Å². The Morgan fingerprint density at radius 3 is 2.43 bits per heavy atom. The van der Waals surface area contributed by atoms with Gasteiger partial charge in [0.25, 0.3) is 5.91 Å². The summed E-state index contributed by atoms with van der Waals surface area (Å²) in [4.78, 5) is 12.3. The van der Waals surface area contributed by atoms with E-state index in [2.05, 4.69) is 37.2 Å². The molecule has 0 aliphatic carbocycles. The minimum atomic E-state index is -0.475. The monoisotopic (exact) mass is 434 g/mol. The molecule has 2 aromatic rings. The van der Waals surface area contributed by atoms with Gasteiger partial charge in [0.2, 0.25) is 0 Å². The Labute approximate surface area is 151 Å². The third-order valence-corrected chi connectivity index (χ3v) is 3.98. The summed E-state index contributed by atoms with van der Waals surface area (Å²) < 4.78 is 6.98. The quantitative estimate of drug-likeness (QED) is 0.555. The molecular weight excluding hydrogens is 424 g/mol. The van der Waals surface area contributed by atoms with Gasteiger partial charge < -0.3 is 10.1 Å². The molecule has 6 heteroatoms. The van der Waals surface area contributed by atoms with Crippen LogP contribution < -0.4 is 10.1 Å². The number of nitrogens with one attached hydrogen (secondary N) is 1. The molecule has 1 N–H and O–H groups in total. The SMILES string of the molecule is COc1ccc(Br)cc1/C=C(/C#N)C(=O)Nc1ccc(Br)cc1. The van der Waals surface area contributed by atoms with Crippen molar-refractivity contribution in [1.29, 1.82) is 5.26 Å². The molecule has 1 amide bonds. The first-order chi connectivity index (χ1) is 11.0. The summed E-state index contributed by atoms with van der Waals surface area (Å²) in [6.07, 6.45) is 1.50. The lowest BCUT2D eigenvalue weighted by Gasteiger charge is -2.07. The molecule has 0 aliphatic heterocycles. The number of anilines is 1. The number of nitrogens with zero attached hydrogens (tertiary/aromatic N) is 1. The fraction of sp³-hybridized carbons (Fsp3) is 0.0588. The maximum absolute atomic E-state index is 12.3. The van der Waals surface area contributed by atoms with E-state index in [1.807, 2.05) is 24.3 Å². The molecule has 0 unspecified atom stereocenters. The Kier molecular flexibility index (Phi) is 5.97. The predicted molar refractivity (Wildman–Crippen MR) is 97.1 cm³/mol. The smallest absolute Gasteiger partial charge is 0.266 e. The Bertz CT molecular complexity index is 793. The zero-order valence-electron chi connectivity index (χ0n) is 12.1. The van der Waals surface area contributed by atoms with Crippen LogP contribution >= 0.6 is 31.9 Å². The Balaban J connectivity index is 2.28. The lowest BCUT2D eigenvalue weighted by molar-refractivity contribution is -0.112. The second-order valence-corrected chi connectivity index (χ2v) is 6.35. The molecular formula is C17H12Br2N2O2. The van der Waals surface area contributed by atoms with Crippen molar-refractivity contribution in [1.82, 2.24) is 0 Å². The highest BCUT2D eigenvalue weighted by Gasteiger charge is 2.11. The molecule has 0 atom stereocenters. The van der Waals surface area contributed by atoms with Crippen molar-refractivity contribution in [3.05, 3.63) is 62.5 Å². The van der Waals surface area contributed by atoms with Crippen LogP contribution in [-0.4, -0.2) is 13.0 Å². The van der Waals surface area contributed by atoms with Gasteiger partial charge in [-0.1, -0.05) is 31.9 Å². The third kappa shape index (κ3) is 4.68. The molecule has 116 valence electrons. The average molecular weight is 436 g/mol. The first-order valence-corrected chi connectivity index (χ1v) is 8.14. The zero-order valence-corrected chi connectivity index (χ0v) is 15.3. The van der Waals surface area contributed by atoms with E-state index < -0.39 is 5.91 Å². The number of hydrogen-bond donors (Lipinski definition) is 1. The van der Waals surface area contributed by atoms with Crippen molar-refractivity contribution in [2.24, 2.45) is 0 Å². The van der Waals surface area contributed by atoms with Crippen molar-refractivity contribution >= 4 is 49.5 Å². The standard InChI is InChI=1S/C17H12Br2N2O2/c1-23-16-7-4-14(19)9-11(16)8-12(10-20)17(22)21-15-5-2-13(18)3-6-15/h2-9H,1H3,(H,21,22)/b12-8-. The van der Waals surface area contributed by atoms with Crippen LogP contribution in [0, 0.1) is 11.3 Å². The summed E-state index contributed by atoms with van der Waals surface area (Å²) >= 11 is 6.69. The van der Waals surface area contributed by atoms with Crippen molar-refractivity contribution in [3.63, 3.8) is 0 Å².